The topological polar surface area (TPSA) is 95.9 Å². The summed E-state index contributed by atoms with van der Waals surface area (Å²) >= 11 is 6.14. The molecule has 190 valence electrons. The summed E-state index contributed by atoms with van der Waals surface area (Å²) in [4.78, 5) is 29.9. The molecule has 0 atom stereocenters. The van der Waals surface area contributed by atoms with Crippen molar-refractivity contribution in [3.63, 3.8) is 0 Å². The maximum absolute atomic E-state index is 13.5. The second-order valence-electron chi connectivity index (χ2n) is 8.40. The first kappa shape index (κ1) is 25.0. The molecule has 0 N–H and O–H groups in total. The average Bonchev–Trinajstić information content (AvgIpc) is 3.32. The molecule has 0 radical (unpaired) electrons. The fourth-order valence-electron chi connectivity index (χ4n) is 4.12. The van der Waals surface area contributed by atoms with Crippen molar-refractivity contribution in [1.82, 2.24) is 9.66 Å². The van der Waals surface area contributed by atoms with E-state index in [0.717, 1.165) is 5.39 Å². The number of methoxy groups -OCH3 is 1. The Balaban J connectivity index is 1.68. The highest BCUT2D eigenvalue weighted by molar-refractivity contribution is 6.31. The van der Waals surface area contributed by atoms with Gasteiger partial charge in [-0.05, 0) is 60.5 Å². The molecular formula is C29H22ClN3O5. The number of ether oxygens (including phenoxy) is 2. The molecule has 8 nitrogen and oxygen atoms in total. The third kappa shape index (κ3) is 4.81. The Bertz CT molecular complexity index is 1800. The van der Waals surface area contributed by atoms with Gasteiger partial charge in [0.25, 0.3) is 5.56 Å². The van der Waals surface area contributed by atoms with Crippen LogP contribution in [-0.4, -0.2) is 29.0 Å². The summed E-state index contributed by atoms with van der Waals surface area (Å²) in [6.07, 6.45) is 3.62. The maximum Gasteiger partial charge on any atom is 0.308 e. The molecule has 0 saturated heterocycles. The minimum atomic E-state index is -0.472. The number of carbonyl (C=O) groups is 1. The van der Waals surface area contributed by atoms with Crippen LogP contribution >= 0.6 is 11.6 Å². The molecule has 0 spiro atoms. The molecule has 2 aromatic heterocycles. The monoisotopic (exact) mass is 527 g/mol. The third-order valence-corrected chi connectivity index (χ3v) is 5.99. The number of halogens is 1. The molecule has 2 heterocycles. The van der Waals surface area contributed by atoms with Gasteiger partial charge in [0.15, 0.2) is 17.3 Å². The standard InChI is InChI=1S/C29H22ClN3O5/c1-4-7-19-12-18(13-25(36-3)27(19)37-17(2)34)16-31-33-28(32-23-9-6-5-8-22(23)29(33)35)26-15-20-14-21(30)10-11-24(20)38-26/h4-6,8-16H,1,7H2,2-3H3. The van der Waals surface area contributed by atoms with E-state index in [9.17, 15) is 9.59 Å². The lowest BCUT2D eigenvalue weighted by atomic mass is 10.1. The SMILES string of the molecule is C=CCc1cc(C=Nn2c(-c3cc4cc(Cl)ccc4o3)nc3ccccc3c2=O)cc(OC)c1OC(C)=O. The van der Waals surface area contributed by atoms with E-state index in [4.69, 9.17) is 30.5 Å². The summed E-state index contributed by atoms with van der Waals surface area (Å²) < 4.78 is 18.0. The summed E-state index contributed by atoms with van der Waals surface area (Å²) in [5.74, 6) is 0.771. The van der Waals surface area contributed by atoms with Crippen molar-refractivity contribution in [2.24, 2.45) is 5.10 Å². The molecule has 0 unspecified atom stereocenters. The Hall–Kier alpha value is -4.69. The van der Waals surface area contributed by atoms with Gasteiger partial charge in [0.2, 0.25) is 5.82 Å². The maximum atomic E-state index is 13.5. The highest BCUT2D eigenvalue weighted by atomic mass is 35.5. The molecule has 0 aliphatic heterocycles. The second kappa shape index (κ2) is 10.4. The first-order valence-corrected chi connectivity index (χ1v) is 12.0. The van der Waals surface area contributed by atoms with Gasteiger partial charge < -0.3 is 13.9 Å². The quantitative estimate of drug-likeness (QED) is 0.111. The van der Waals surface area contributed by atoms with Crippen LogP contribution in [0, 0.1) is 0 Å². The fraction of sp³-hybridized carbons (Fsp3) is 0.103. The van der Waals surface area contributed by atoms with E-state index in [2.05, 4.69) is 11.7 Å². The number of allylic oxidation sites excluding steroid dienone is 1. The molecule has 0 bridgehead atoms. The van der Waals surface area contributed by atoms with Crippen molar-refractivity contribution < 1.29 is 18.7 Å². The number of carbonyl (C=O) groups excluding carboxylic acids is 1. The number of esters is 1. The van der Waals surface area contributed by atoms with Gasteiger partial charge >= 0.3 is 5.97 Å². The van der Waals surface area contributed by atoms with Gasteiger partial charge in [-0.3, -0.25) is 9.59 Å². The van der Waals surface area contributed by atoms with Gasteiger partial charge in [-0.25, -0.2) is 4.98 Å². The summed E-state index contributed by atoms with van der Waals surface area (Å²) in [7, 11) is 1.48. The molecule has 0 aliphatic carbocycles. The number of fused-ring (bicyclic) bond motifs is 2. The van der Waals surface area contributed by atoms with Crippen LogP contribution in [0.2, 0.25) is 5.02 Å². The summed E-state index contributed by atoms with van der Waals surface area (Å²) in [6, 6.07) is 17.5. The van der Waals surface area contributed by atoms with Crippen molar-refractivity contribution in [2.45, 2.75) is 13.3 Å². The van der Waals surface area contributed by atoms with Crippen molar-refractivity contribution in [2.75, 3.05) is 7.11 Å². The Morgan fingerprint density at radius 3 is 2.76 bits per heavy atom. The molecule has 0 amide bonds. The van der Waals surface area contributed by atoms with Crippen LogP contribution in [0.4, 0.5) is 0 Å². The van der Waals surface area contributed by atoms with Gasteiger partial charge in [0.05, 0.1) is 24.2 Å². The van der Waals surface area contributed by atoms with Crippen LogP contribution in [-0.2, 0) is 11.2 Å². The van der Waals surface area contributed by atoms with E-state index in [1.54, 1.807) is 60.7 Å². The first-order valence-electron chi connectivity index (χ1n) is 11.6. The Kier molecular flexibility index (Phi) is 6.81. The highest BCUT2D eigenvalue weighted by Gasteiger charge is 2.18. The van der Waals surface area contributed by atoms with Gasteiger partial charge in [-0.15, -0.1) is 6.58 Å². The largest absolute Gasteiger partial charge is 0.493 e. The average molecular weight is 528 g/mol. The van der Waals surface area contributed by atoms with Crippen molar-refractivity contribution in [3.05, 3.63) is 99.8 Å². The molecule has 0 aliphatic rings. The molecule has 0 fully saturated rings. The first-order chi connectivity index (χ1) is 18.4. The molecule has 9 heteroatoms. The van der Waals surface area contributed by atoms with E-state index >= 15 is 0 Å². The Labute approximate surface area is 222 Å². The van der Waals surface area contributed by atoms with E-state index in [1.807, 2.05) is 6.07 Å². The molecule has 5 aromatic rings. The number of hydrogen-bond acceptors (Lipinski definition) is 7. The van der Waals surface area contributed by atoms with Crippen LogP contribution in [0.25, 0.3) is 33.5 Å². The lowest BCUT2D eigenvalue weighted by Gasteiger charge is -2.13. The van der Waals surface area contributed by atoms with Gasteiger partial charge in [0, 0.05) is 22.9 Å². The van der Waals surface area contributed by atoms with Crippen molar-refractivity contribution >= 4 is 45.7 Å². The minimum absolute atomic E-state index is 0.229. The predicted molar refractivity (Wildman–Crippen MR) is 147 cm³/mol. The minimum Gasteiger partial charge on any atom is -0.493 e. The normalized spacial score (nSPS) is 11.3. The summed E-state index contributed by atoms with van der Waals surface area (Å²) in [5.41, 5.74) is 2.03. The number of aromatic nitrogens is 2. The van der Waals surface area contributed by atoms with Crippen LogP contribution in [0.3, 0.4) is 0 Å². The van der Waals surface area contributed by atoms with Crippen LogP contribution in [0.1, 0.15) is 18.1 Å². The van der Waals surface area contributed by atoms with Crippen molar-refractivity contribution in [3.8, 4) is 23.1 Å². The zero-order valence-corrected chi connectivity index (χ0v) is 21.4. The Morgan fingerprint density at radius 2 is 2.00 bits per heavy atom. The molecule has 38 heavy (non-hydrogen) atoms. The third-order valence-electron chi connectivity index (χ3n) is 5.76. The lowest BCUT2D eigenvalue weighted by Crippen LogP contribution is -2.20. The van der Waals surface area contributed by atoms with Crippen LogP contribution in [0.15, 0.2) is 87.6 Å². The van der Waals surface area contributed by atoms with Gasteiger partial charge in [-0.1, -0.05) is 29.8 Å². The number of benzene rings is 3. The highest BCUT2D eigenvalue weighted by Crippen LogP contribution is 2.34. The number of furan rings is 1. The Morgan fingerprint density at radius 1 is 1.18 bits per heavy atom. The number of para-hydroxylation sites is 1. The van der Waals surface area contributed by atoms with E-state index in [-0.39, 0.29) is 11.4 Å². The van der Waals surface area contributed by atoms with E-state index in [1.165, 1.54) is 24.9 Å². The molecule has 5 rings (SSSR count). The lowest BCUT2D eigenvalue weighted by molar-refractivity contribution is -0.132. The number of rotatable bonds is 7. The summed E-state index contributed by atoms with van der Waals surface area (Å²) in [6.45, 7) is 5.10. The smallest absolute Gasteiger partial charge is 0.308 e. The van der Waals surface area contributed by atoms with Gasteiger partial charge in [0.1, 0.15) is 5.58 Å². The molecular weight excluding hydrogens is 506 g/mol. The fourth-order valence-corrected chi connectivity index (χ4v) is 4.30. The second-order valence-corrected chi connectivity index (χ2v) is 8.84. The number of nitrogens with zero attached hydrogens (tertiary/aromatic N) is 3. The zero-order valence-electron chi connectivity index (χ0n) is 20.6. The molecule has 0 saturated carbocycles. The summed E-state index contributed by atoms with van der Waals surface area (Å²) in [5, 5.41) is 6.24. The van der Waals surface area contributed by atoms with Gasteiger partial charge in [-0.2, -0.15) is 9.78 Å². The molecule has 3 aromatic carbocycles. The van der Waals surface area contributed by atoms with E-state index in [0.29, 0.717) is 56.3 Å². The van der Waals surface area contributed by atoms with Crippen molar-refractivity contribution in [1.29, 1.82) is 0 Å². The van der Waals surface area contributed by atoms with Crippen LogP contribution < -0.4 is 15.0 Å². The zero-order chi connectivity index (χ0) is 26.8. The number of hydrogen-bond donors (Lipinski definition) is 0. The van der Waals surface area contributed by atoms with E-state index < -0.39 is 5.97 Å². The van der Waals surface area contributed by atoms with Crippen LogP contribution in [0.5, 0.6) is 11.5 Å². The predicted octanol–water partition coefficient (Wildman–Crippen LogP) is 6.01.